The lowest BCUT2D eigenvalue weighted by molar-refractivity contribution is -0.144. The molecule has 2 aromatic heterocycles. The molecule has 28 heavy (non-hydrogen) atoms. The first-order chi connectivity index (χ1) is 13.4. The van der Waals surface area contributed by atoms with E-state index < -0.39 is 17.2 Å². The summed E-state index contributed by atoms with van der Waals surface area (Å²) in [5.41, 5.74) is -0.769. The van der Waals surface area contributed by atoms with Gasteiger partial charge in [0.2, 0.25) is 0 Å². The molecular formula is C20H25ClN4O3. The molecule has 4 aliphatic carbocycles. The molecule has 2 bridgehead atoms. The Morgan fingerprint density at radius 3 is 2.82 bits per heavy atom. The van der Waals surface area contributed by atoms with Crippen molar-refractivity contribution < 1.29 is 15.3 Å². The Hall–Kier alpha value is -1.41. The molecule has 2 heterocycles. The number of nitrogens with zero attached hydrogens (tertiary/aromatic N) is 3. The fourth-order valence-corrected chi connectivity index (χ4v) is 6.63. The molecule has 0 amide bonds. The Morgan fingerprint density at radius 1 is 1.29 bits per heavy atom. The first-order valence-corrected chi connectivity index (χ1v) is 10.6. The van der Waals surface area contributed by atoms with Crippen LogP contribution in [0.1, 0.15) is 38.5 Å². The van der Waals surface area contributed by atoms with Gasteiger partial charge in [-0.1, -0.05) is 18.0 Å². The van der Waals surface area contributed by atoms with Gasteiger partial charge in [0, 0.05) is 23.9 Å². The van der Waals surface area contributed by atoms with Gasteiger partial charge in [0.15, 0.2) is 11.5 Å². The molecule has 7 nitrogen and oxygen atoms in total. The van der Waals surface area contributed by atoms with Crippen molar-refractivity contribution in [2.24, 2.45) is 23.2 Å². The van der Waals surface area contributed by atoms with Crippen molar-refractivity contribution in [1.29, 1.82) is 0 Å². The summed E-state index contributed by atoms with van der Waals surface area (Å²) < 4.78 is 1.62. The number of aliphatic hydroxyl groups excluding tert-OH is 2. The Labute approximate surface area is 167 Å². The molecule has 5 unspecified atom stereocenters. The fraction of sp³-hybridized carbons (Fsp3) is 0.700. The molecule has 0 aromatic carbocycles. The third-order valence-electron chi connectivity index (χ3n) is 8.08. The molecule has 8 heteroatoms. The van der Waals surface area contributed by atoms with Gasteiger partial charge in [0.1, 0.15) is 16.8 Å². The first kappa shape index (κ1) is 17.4. The van der Waals surface area contributed by atoms with Crippen LogP contribution in [0.25, 0.3) is 11.0 Å². The third kappa shape index (κ3) is 2.16. The summed E-state index contributed by atoms with van der Waals surface area (Å²) in [6.45, 7) is -0.118. The van der Waals surface area contributed by atoms with E-state index in [0.717, 1.165) is 18.8 Å². The molecular weight excluding hydrogens is 380 g/mol. The fourth-order valence-electron chi connectivity index (χ4n) is 6.44. The lowest BCUT2D eigenvalue weighted by atomic mass is 9.95. The second-order valence-electron chi connectivity index (χ2n) is 9.48. The molecule has 0 saturated heterocycles. The van der Waals surface area contributed by atoms with Crippen LogP contribution in [0.2, 0.25) is 5.15 Å². The second kappa shape index (κ2) is 5.59. The largest absolute Gasteiger partial charge is 0.396 e. The maximum Gasteiger partial charge on any atom is 0.170 e. The topological polar surface area (TPSA) is 103 Å². The lowest BCUT2D eigenvalue weighted by Crippen LogP contribution is -2.46. The van der Waals surface area contributed by atoms with Gasteiger partial charge < -0.3 is 20.6 Å². The van der Waals surface area contributed by atoms with Gasteiger partial charge in [-0.25, -0.2) is 9.97 Å². The van der Waals surface area contributed by atoms with Crippen molar-refractivity contribution in [2.75, 3.05) is 11.9 Å². The van der Waals surface area contributed by atoms with Gasteiger partial charge in [0.25, 0.3) is 0 Å². The second-order valence-corrected chi connectivity index (χ2v) is 9.87. The number of nitrogens with one attached hydrogen (secondary N) is 1. The van der Waals surface area contributed by atoms with E-state index in [1.54, 1.807) is 17.0 Å². The maximum absolute atomic E-state index is 11.3. The van der Waals surface area contributed by atoms with Crippen molar-refractivity contribution in [3.63, 3.8) is 0 Å². The van der Waals surface area contributed by atoms with Crippen molar-refractivity contribution in [1.82, 2.24) is 14.5 Å². The highest BCUT2D eigenvalue weighted by molar-refractivity contribution is 6.30. The number of imidazole rings is 1. The van der Waals surface area contributed by atoms with Gasteiger partial charge >= 0.3 is 0 Å². The molecule has 7 atom stereocenters. The van der Waals surface area contributed by atoms with Crippen LogP contribution in [-0.2, 0) is 5.72 Å². The van der Waals surface area contributed by atoms with E-state index in [9.17, 15) is 15.3 Å². The van der Waals surface area contributed by atoms with Crippen LogP contribution < -0.4 is 5.32 Å². The summed E-state index contributed by atoms with van der Waals surface area (Å²) in [4.78, 5) is 9.00. The van der Waals surface area contributed by atoms with E-state index in [-0.39, 0.29) is 12.5 Å². The zero-order chi connectivity index (χ0) is 19.3. The van der Waals surface area contributed by atoms with Crippen molar-refractivity contribution >= 4 is 28.5 Å². The maximum atomic E-state index is 11.3. The highest BCUT2D eigenvalue weighted by atomic mass is 35.5. The standard InChI is InChI=1S/C20H25ClN4O3/c21-15-5-14-16(17(24-15)23-13-4-10-1-2-11(13)3-10)22-9-25(14)20(28)7-12-6-19(12,8-26)18(20)27/h5,9-13,18,26-28H,1-4,6-8H2,(H,23,24)/t10?,11?,12?,13?,18-,19?,20-/m1/s1. The van der Waals surface area contributed by atoms with Gasteiger partial charge in [0.05, 0.1) is 18.5 Å². The molecule has 2 aromatic rings. The predicted octanol–water partition coefficient (Wildman–Crippen LogP) is 2.09. The summed E-state index contributed by atoms with van der Waals surface area (Å²) >= 11 is 6.32. The number of hydrogen-bond donors (Lipinski definition) is 4. The van der Waals surface area contributed by atoms with E-state index in [4.69, 9.17) is 11.6 Å². The molecule has 4 N–H and O–H groups in total. The first-order valence-electron chi connectivity index (χ1n) is 10.3. The normalized spacial score (nSPS) is 43.6. The minimum Gasteiger partial charge on any atom is -0.396 e. The van der Waals surface area contributed by atoms with Crippen LogP contribution in [0.3, 0.4) is 0 Å². The van der Waals surface area contributed by atoms with E-state index in [0.29, 0.717) is 40.4 Å². The van der Waals surface area contributed by atoms with Crippen molar-refractivity contribution in [3.8, 4) is 0 Å². The number of aromatic nitrogens is 3. The number of halogens is 1. The Balaban J connectivity index is 1.39. The lowest BCUT2D eigenvalue weighted by Gasteiger charge is -2.33. The average Bonchev–Trinajstić information content (AvgIpc) is 3.10. The zero-order valence-electron chi connectivity index (χ0n) is 15.6. The minimum absolute atomic E-state index is 0.118. The van der Waals surface area contributed by atoms with Gasteiger partial charge in [-0.05, 0) is 43.4 Å². The van der Waals surface area contributed by atoms with E-state index in [1.807, 2.05) is 0 Å². The van der Waals surface area contributed by atoms with Crippen LogP contribution >= 0.6 is 11.6 Å². The highest BCUT2D eigenvalue weighted by Gasteiger charge is 2.72. The number of pyridine rings is 1. The van der Waals surface area contributed by atoms with E-state index in [1.165, 1.54) is 19.3 Å². The van der Waals surface area contributed by atoms with E-state index >= 15 is 0 Å². The molecule has 4 aliphatic rings. The smallest absolute Gasteiger partial charge is 0.170 e. The van der Waals surface area contributed by atoms with Crippen LogP contribution in [0, 0.1) is 23.2 Å². The SMILES string of the molecule is OCC12CC1C[C@](O)(n1cnc3c(NC4CC5CCC4C5)nc(Cl)cc31)[C@@H]2O. The average molecular weight is 405 g/mol. The van der Waals surface area contributed by atoms with Crippen LogP contribution in [0.15, 0.2) is 12.4 Å². The van der Waals surface area contributed by atoms with Crippen molar-refractivity contribution in [3.05, 3.63) is 17.5 Å². The Kier molecular flexibility index (Phi) is 3.49. The summed E-state index contributed by atoms with van der Waals surface area (Å²) in [5.74, 6) is 2.27. The summed E-state index contributed by atoms with van der Waals surface area (Å²) in [6.07, 6.45) is 6.70. The van der Waals surface area contributed by atoms with Crippen LogP contribution in [0.4, 0.5) is 5.82 Å². The number of aliphatic hydroxyl groups is 3. The Bertz CT molecular complexity index is 962. The van der Waals surface area contributed by atoms with Gasteiger partial charge in [-0.3, -0.25) is 4.57 Å². The highest BCUT2D eigenvalue weighted by Crippen LogP contribution is 2.67. The van der Waals surface area contributed by atoms with Gasteiger partial charge in [-0.2, -0.15) is 0 Å². The molecule has 6 rings (SSSR count). The number of rotatable bonds is 4. The molecule has 0 aliphatic heterocycles. The summed E-state index contributed by atoms with van der Waals surface area (Å²) in [7, 11) is 0. The van der Waals surface area contributed by atoms with E-state index in [2.05, 4.69) is 15.3 Å². The van der Waals surface area contributed by atoms with Gasteiger partial charge in [-0.15, -0.1) is 0 Å². The molecule has 0 radical (unpaired) electrons. The van der Waals surface area contributed by atoms with Crippen LogP contribution in [-0.4, -0.2) is 48.6 Å². The molecule has 4 saturated carbocycles. The third-order valence-corrected chi connectivity index (χ3v) is 8.28. The summed E-state index contributed by atoms with van der Waals surface area (Å²) in [6, 6.07) is 2.08. The minimum atomic E-state index is -1.49. The predicted molar refractivity (Wildman–Crippen MR) is 104 cm³/mol. The molecule has 4 fully saturated rings. The molecule has 150 valence electrons. The number of fused-ring (bicyclic) bond motifs is 4. The number of hydrogen-bond acceptors (Lipinski definition) is 6. The zero-order valence-corrected chi connectivity index (χ0v) is 16.3. The van der Waals surface area contributed by atoms with Crippen molar-refractivity contribution in [2.45, 2.75) is 56.4 Å². The monoisotopic (exact) mass is 404 g/mol. The molecule has 0 spiro atoms. The number of anilines is 1. The summed E-state index contributed by atoms with van der Waals surface area (Å²) in [5, 5.41) is 35.8. The Morgan fingerprint density at radius 2 is 2.14 bits per heavy atom. The van der Waals surface area contributed by atoms with Crippen LogP contribution in [0.5, 0.6) is 0 Å². The quantitative estimate of drug-likeness (QED) is 0.582.